The molecule has 5 heteroatoms. The van der Waals surface area contributed by atoms with E-state index in [1.54, 1.807) is 11.8 Å². The first kappa shape index (κ1) is 13.2. The Labute approximate surface area is 107 Å². The summed E-state index contributed by atoms with van der Waals surface area (Å²) in [6.45, 7) is 0.890. The minimum atomic E-state index is -0.497. The van der Waals surface area contributed by atoms with E-state index in [2.05, 4.69) is 5.32 Å². The molecule has 17 heavy (non-hydrogen) atoms. The molecule has 1 heterocycles. The molecule has 1 amide bonds. The third-order valence-corrected chi connectivity index (χ3v) is 5.08. The van der Waals surface area contributed by atoms with E-state index in [-0.39, 0.29) is 5.91 Å². The quantitative estimate of drug-likeness (QED) is 0.707. The molecule has 2 atom stereocenters. The SMILES string of the molecule is CNC(CSCC1CCCO1)(C(N)=O)C1CC1. The molecule has 0 radical (unpaired) electrons. The molecule has 2 aliphatic rings. The highest BCUT2D eigenvalue weighted by Crippen LogP contribution is 2.41. The zero-order valence-corrected chi connectivity index (χ0v) is 11.2. The molecule has 98 valence electrons. The number of nitrogens with one attached hydrogen (secondary N) is 1. The van der Waals surface area contributed by atoms with E-state index in [1.807, 2.05) is 7.05 Å². The van der Waals surface area contributed by atoms with Crippen molar-refractivity contribution in [2.45, 2.75) is 37.3 Å². The van der Waals surface area contributed by atoms with Gasteiger partial charge in [0.1, 0.15) is 5.54 Å². The summed E-state index contributed by atoms with van der Waals surface area (Å²) in [5.41, 5.74) is 5.07. The van der Waals surface area contributed by atoms with E-state index in [1.165, 1.54) is 6.42 Å². The zero-order valence-electron chi connectivity index (χ0n) is 10.4. The van der Waals surface area contributed by atoms with Gasteiger partial charge in [0.25, 0.3) is 0 Å². The molecule has 1 saturated heterocycles. The summed E-state index contributed by atoms with van der Waals surface area (Å²) < 4.78 is 5.58. The Balaban J connectivity index is 1.82. The first-order chi connectivity index (χ1) is 8.19. The average Bonchev–Trinajstić information content (AvgIpc) is 3.03. The van der Waals surface area contributed by atoms with Crippen molar-refractivity contribution in [3.05, 3.63) is 0 Å². The van der Waals surface area contributed by atoms with Crippen LogP contribution in [0.2, 0.25) is 0 Å². The van der Waals surface area contributed by atoms with Gasteiger partial charge in [-0.05, 0) is 38.6 Å². The molecule has 1 aliphatic heterocycles. The van der Waals surface area contributed by atoms with Crippen LogP contribution in [-0.4, -0.2) is 42.7 Å². The Morgan fingerprint density at radius 3 is 2.76 bits per heavy atom. The van der Waals surface area contributed by atoms with Crippen LogP contribution in [0.4, 0.5) is 0 Å². The molecular formula is C12H22N2O2S. The fourth-order valence-corrected chi connectivity index (χ4v) is 3.98. The molecule has 1 aliphatic carbocycles. The molecular weight excluding hydrogens is 236 g/mol. The van der Waals surface area contributed by atoms with E-state index in [0.717, 1.165) is 37.4 Å². The van der Waals surface area contributed by atoms with Gasteiger partial charge in [-0.2, -0.15) is 11.8 Å². The van der Waals surface area contributed by atoms with Gasteiger partial charge in [0.2, 0.25) is 5.91 Å². The standard InChI is InChI=1S/C12H22N2O2S/c1-14-12(11(13)15,9-4-5-9)8-17-7-10-3-2-6-16-10/h9-10,14H,2-8H2,1H3,(H2,13,15). The van der Waals surface area contributed by atoms with Crippen LogP contribution in [0, 0.1) is 5.92 Å². The monoisotopic (exact) mass is 258 g/mol. The largest absolute Gasteiger partial charge is 0.377 e. The van der Waals surface area contributed by atoms with Crippen molar-refractivity contribution in [3.8, 4) is 0 Å². The van der Waals surface area contributed by atoms with Crippen LogP contribution in [0.15, 0.2) is 0 Å². The molecule has 0 aromatic carbocycles. The molecule has 4 nitrogen and oxygen atoms in total. The van der Waals surface area contributed by atoms with Gasteiger partial charge in [0, 0.05) is 18.1 Å². The predicted molar refractivity (Wildman–Crippen MR) is 70.0 cm³/mol. The second kappa shape index (κ2) is 5.59. The van der Waals surface area contributed by atoms with E-state index < -0.39 is 5.54 Å². The second-order valence-corrected chi connectivity index (χ2v) is 6.04. The molecule has 2 fully saturated rings. The summed E-state index contributed by atoms with van der Waals surface area (Å²) in [5, 5.41) is 3.17. The van der Waals surface area contributed by atoms with Gasteiger partial charge in [-0.15, -0.1) is 0 Å². The molecule has 2 rings (SSSR count). The van der Waals surface area contributed by atoms with Crippen LogP contribution in [0.25, 0.3) is 0 Å². The zero-order chi connectivity index (χ0) is 12.3. The van der Waals surface area contributed by atoms with Gasteiger partial charge in [-0.25, -0.2) is 0 Å². The Morgan fingerprint density at radius 1 is 1.53 bits per heavy atom. The van der Waals surface area contributed by atoms with Crippen molar-refractivity contribution in [3.63, 3.8) is 0 Å². The number of primary amides is 1. The number of ether oxygens (including phenoxy) is 1. The van der Waals surface area contributed by atoms with Crippen LogP contribution < -0.4 is 11.1 Å². The van der Waals surface area contributed by atoms with E-state index in [0.29, 0.717) is 12.0 Å². The molecule has 0 spiro atoms. The maximum atomic E-state index is 11.7. The van der Waals surface area contributed by atoms with E-state index >= 15 is 0 Å². The lowest BCUT2D eigenvalue weighted by atomic mass is 9.95. The third kappa shape index (κ3) is 2.95. The molecule has 1 saturated carbocycles. The number of rotatable bonds is 7. The summed E-state index contributed by atoms with van der Waals surface area (Å²) in [7, 11) is 1.84. The van der Waals surface area contributed by atoms with Crippen LogP contribution in [-0.2, 0) is 9.53 Å². The highest BCUT2D eigenvalue weighted by molar-refractivity contribution is 7.99. The summed E-state index contributed by atoms with van der Waals surface area (Å²) in [6.07, 6.45) is 4.93. The normalized spacial score (nSPS) is 27.9. The fourth-order valence-electron chi connectivity index (χ4n) is 2.49. The summed E-state index contributed by atoms with van der Waals surface area (Å²) >= 11 is 1.79. The van der Waals surface area contributed by atoms with Gasteiger partial charge in [-0.3, -0.25) is 4.79 Å². The van der Waals surface area contributed by atoms with Crippen molar-refractivity contribution in [2.75, 3.05) is 25.2 Å². The van der Waals surface area contributed by atoms with Crippen molar-refractivity contribution in [1.82, 2.24) is 5.32 Å². The van der Waals surface area contributed by atoms with Gasteiger partial charge >= 0.3 is 0 Å². The van der Waals surface area contributed by atoms with Crippen molar-refractivity contribution >= 4 is 17.7 Å². The van der Waals surface area contributed by atoms with Crippen molar-refractivity contribution < 1.29 is 9.53 Å². The van der Waals surface area contributed by atoms with Gasteiger partial charge in [0.15, 0.2) is 0 Å². The van der Waals surface area contributed by atoms with Crippen molar-refractivity contribution in [2.24, 2.45) is 11.7 Å². The highest BCUT2D eigenvalue weighted by Gasteiger charge is 2.48. The molecule has 2 unspecified atom stereocenters. The van der Waals surface area contributed by atoms with Crippen molar-refractivity contribution in [1.29, 1.82) is 0 Å². The first-order valence-corrected chi connectivity index (χ1v) is 7.52. The van der Waals surface area contributed by atoms with Crippen LogP contribution in [0.5, 0.6) is 0 Å². The Bertz CT molecular complexity index is 278. The summed E-state index contributed by atoms with van der Waals surface area (Å²) in [5.74, 6) is 1.97. The van der Waals surface area contributed by atoms with Crippen LogP contribution in [0.3, 0.4) is 0 Å². The number of nitrogens with two attached hydrogens (primary N) is 1. The van der Waals surface area contributed by atoms with Crippen LogP contribution >= 0.6 is 11.8 Å². The number of carbonyl (C=O) groups is 1. The van der Waals surface area contributed by atoms with Gasteiger partial charge in [0.05, 0.1) is 6.10 Å². The Hall–Kier alpha value is -0.260. The smallest absolute Gasteiger partial charge is 0.238 e. The number of hydrogen-bond donors (Lipinski definition) is 2. The Kier molecular flexibility index (Phi) is 4.33. The molecule has 3 N–H and O–H groups in total. The maximum absolute atomic E-state index is 11.7. The average molecular weight is 258 g/mol. The van der Waals surface area contributed by atoms with Crippen LogP contribution in [0.1, 0.15) is 25.7 Å². The minimum Gasteiger partial charge on any atom is -0.377 e. The minimum absolute atomic E-state index is 0.206. The number of likely N-dealkylation sites (N-methyl/N-ethyl adjacent to an activating group) is 1. The lowest BCUT2D eigenvalue weighted by molar-refractivity contribution is -0.124. The topological polar surface area (TPSA) is 64.3 Å². The van der Waals surface area contributed by atoms with E-state index in [4.69, 9.17) is 10.5 Å². The number of thioether (sulfide) groups is 1. The fraction of sp³-hybridized carbons (Fsp3) is 0.917. The molecule has 0 bridgehead atoms. The lowest BCUT2D eigenvalue weighted by Crippen LogP contribution is -2.58. The molecule has 0 aromatic heterocycles. The first-order valence-electron chi connectivity index (χ1n) is 6.37. The second-order valence-electron chi connectivity index (χ2n) is 5.01. The molecule has 0 aromatic rings. The van der Waals surface area contributed by atoms with E-state index in [9.17, 15) is 4.79 Å². The number of amides is 1. The maximum Gasteiger partial charge on any atom is 0.238 e. The summed E-state index contributed by atoms with van der Waals surface area (Å²) in [4.78, 5) is 11.7. The highest BCUT2D eigenvalue weighted by atomic mass is 32.2. The summed E-state index contributed by atoms with van der Waals surface area (Å²) in [6, 6.07) is 0. The predicted octanol–water partition coefficient (Wildman–Crippen LogP) is 0.752. The van der Waals surface area contributed by atoms with Gasteiger partial charge < -0.3 is 15.8 Å². The van der Waals surface area contributed by atoms with Gasteiger partial charge in [-0.1, -0.05) is 0 Å². The third-order valence-electron chi connectivity index (χ3n) is 3.82. The lowest BCUT2D eigenvalue weighted by Gasteiger charge is -2.30. The Morgan fingerprint density at radius 2 is 2.29 bits per heavy atom. The number of hydrogen-bond acceptors (Lipinski definition) is 4. The number of carbonyl (C=O) groups excluding carboxylic acids is 1.